The van der Waals surface area contributed by atoms with Gasteiger partial charge in [-0.3, -0.25) is 4.79 Å². The first-order valence-electron chi connectivity index (χ1n) is 10.1. The number of ether oxygens (including phenoxy) is 4. The molecule has 0 amide bonds. The number of carbonyl (C=O) groups excluding carboxylic acids is 2. The van der Waals surface area contributed by atoms with Gasteiger partial charge >= 0.3 is 5.97 Å². The van der Waals surface area contributed by atoms with Crippen molar-refractivity contribution >= 4 is 11.8 Å². The average Bonchev–Trinajstić information content (AvgIpc) is 2.77. The number of rotatable bonds is 4. The summed E-state index contributed by atoms with van der Waals surface area (Å²) in [5, 5.41) is 60.1. The van der Waals surface area contributed by atoms with Crippen molar-refractivity contribution in [1.82, 2.24) is 0 Å². The number of aliphatic hydroxyl groups is 3. The maximum absolute atomic E-state index is 12.7. The molecule has 182 valence electrons. The summed E-state index contributed by atoms with van der Waals surface area (Å²) in [4.78, 5) is 24.5. The predicted molar refractivity (Wildman–Crippen MR) is 110 cm³/mol. The van der Waals surface area contributed by atoms with Crippen molar-refractivity contribution in [3.8, 4) is 28.7 Å². The van der Waals surface area contributed by atoms with Gasteiger partial charge in [0.25, 0.3) is 0 Å². The second kappa shape index (κ2) is 8.99. The third-order valence-electron chi connectivity index (χ3n) is 5.53. The lowest BCUT2D eigenvalue weighted by Crippen LogP contribution is -2.61. The van der Waals surface area contributed by atoms with Crippen molar-refractivity contribution in [1.29, 1.82) is 0 Å². The van der Waals surface area contributed by atoms with Crippen molar-refractivity contribution < 1.29 is 59.2 Å². The second-order valence-corrected chi connectivity index (χ2v) is 7.87. The minimum absolute atomic E-state index is 0.0884. The Hall–Kier alpha value is -3.58. The Balaban J connectivity index is 1.61. The van der Waals surface area contributed by atoms with Gasteiger partial charge in [0.05, 0.1) is 13.5 Å². The monoisotopic (exact) mass is 478 g/mol. The standard InChI is InChI=1S/C22H22O12/c1-31-21(30)20-18(28)17(27)19(29)22(34-20)32-11-5-12(25)16-13(26)7-14(33-15(16)6-11)8-2-9(23)4-10(24)3-8/h2-6,14,17-20,22-25,27-29H,7H2,1H3/t14-,17-,18-,19+,20-,22+/m0/s1. The van der Waals surface area contributed by atoms with Crippen molar-refractivity contribution in [3.05, 3.63) is 41.5 Å². The van der Waals surface area contributed by atoms with Crippen molar-refractivity contribution in [2.75, 3.05) is 7.11 Å². The average molecular weight is 478 g/mol. The largest absolute Gasteiger partial charge is 0.508 e. The molecule has 0 spiro atoms. The van der Waals surface area contributed by atoms with E-state index >= 15 is 0 Å². The van der Waals surface area contributed by atoms with Gasteiger partial charge in [0.1, 0.15) is 58.7 Å². The Morgan fingerprint density at radius 3 is 2.29 bits per heavy atom. The van der Waals surface area contributed by atoms with E-state index in [1.54, 1.807) is 0 Å². The molecule has 2 aromatic rings. The number of phenols is 3. The van der Waals surface area contributed by atoms with Gasteiger partial charge in [-0.25, -0.2) is 4.79 Å². The van der Waals surface area contributed by atoms with Crippen LogP contribution in [0.5, 0.6) is 28.7 Å². The lowest BCUT2D eigenvalue weighted by Gasteiger charge is -2.39. The number of carbonyl (C=O) groups is 2. The number of hydrogen-bond donors (Lipinski definition) is 6. The van der Waals surface area contributed by atoms with Crippen molar-refractivity contribution in [2.24, 2.45) is 0 Å². The number of phenolic OH excluding ortho intramolecular Hbond substituents is 3. The first-order valence-corrected chi connectivity index (χ1v) is 10.1. The number of Topliss-reactive ketones (excluding diaryl/α,β-unsaturated/α-hetero) is 1. The minimum atomic E-state index is -1.81. The summed E-state index contributed by atoms with van der Waals surface area (Å²) in [5.74, 6) is -2.69. The van der Waals surface area contributed by atoms with Crippen LogP contribution in [0.15, 0.2) is 30.3 Å². The molecule has 2 heterocycles. The van der Waals surface area contributed by atoms with Crippen LogP contribution < -0.4 is 9.47 Å². The van der Waals surface area contributed by atoms with Gasteiger partial charge in [-0.05, 0) is 12.1 Å². The molecule has 6 atom stereocenters. The van der Waals surface area contributed by atoms with E-state index in [1.165, 1.54) is 18.2 Å². The molecule has 0 saturated carbocycles. The lowest BCUT2D eigenvalue weighted by molar-refractivity contribution is -0.271. The van der Waals surface area contributed by atoms with Crippen LogP contribution in [0.25, 0.3) is 0 Å². The van der Waals surface area contributed by atoms with E-state index < -0.39 is 54.3 Å². The van der Waals surface area contributed by atoms with Crippen LogP contribution in [0.1, 0.15) is 28.4 Å². The number of esters is 1. The summed E-state index contributed by atoms with van der Waals surface area (Å²) in [7, 11) is 1.05. The van der Waals surface area contributed by atoms with E-state index in [2.05, 4.69) is 4.74 Å². The fraction of sp³-hybridized carbons (Fsp3) is 0.364. The zero-order valence-electron chi connectivity index (χ0n) is 17.7. The minimum Gasteiger partial charge on any atom is -0.508 e. The number of ketones is 1. The van der Waals surface area contributed by atoms with E-state index in [-0.39, 0.29) is 35.0 Å². The first kappa shape index (κ1) is 23.6. The molecule has 0 bridgehead atoms. The summed E-state index contributed by atoms with van der Waals surface area (Å²) in [6, 6.07) is 6.02. The Bertz CT molecular complexity index is 1100. The molecular weight excluding hydrogens is 456 g/mol. The molecule has 12 nitrogen and oxygen atoms in total. The third-order valence-corrected chi connectivity index (χ3v) is 5.53. The molecule has 2 aliphatic heterocycles. The molecule has 2 aliphatic rings. The van der Waals surface area contributed by atoms with E-state index in [9.17, 15) is 40.2 Å². The molecule has 0 radical (unpaired) electrons. The van der Waals surface area contributed by atoms with Gasteiger partial charge in [0.15, 0.2) is 11.9 Å². The Labute approximate surface area is 192 Å². The fourth-order valence-electron chi connectivity index (χ4n) is 3.86. The van der Waals surface area contributed by atoms with Gasteiger partial charge in [-0.1, -0.05) is 0 Å². The molecular formula is C22H22O12. The van der Waals surface area contributed by atoms with Crippen LogP contribution in [-0.2, 0) is 14.3 Å². The van der Waals surface area contributed by atoms with Gasteiger partial charge in [0, 0.05) is 23.8 Å². The molecule has 2 aromatic carbocycles. The summed E-state index contributed by atoms with van der Waals surface area (Å²) in [5.41, 5.74) is 0.187. The first-order chi connectivity index (χ1) is 16.1. The molecule has 6 N–H and O–H groups in total. The molecule has 0 aromatic heterocycles. The maximum Gasteiger partial charge on any atom is 0.337 e. The highest BCUT2D eigenvalue weighted by Crippen LogP contribution is 2.43. The topological polar surface area (TPSA) is 192 Å². The number of methoxy groups -OCH3 is 1. The molecule has 12 heteroatoms. The summed E-state index contributed by atoms with van der Waals surface area (Å²) in [6.07, 6.45) is -9.75. The van der Waals surface area contributed by atoms with Crippen LogP contribution in [-0.4, -0.2) is 80.2 Å². The van der Waals surface area contributed by atoms with Crippen LogP contribution in [0.3, 0.4) is 0 Å². The van der Waals surface area contributed by atoms with E-state index in [0.717, 1.165) is 19.2 Å². The molecule has 0 aliphatic carbocycles. The Kier molecular flexibility index (Phi) is 6.23. The van der Waals surface area contributed by atoms with Crippen molar-refractivity contribution in [3.63, 3.8) is 0 Å². The smallest absolute Gasteiger partial charge is 0.337 e. The van der Waals surface area contributed by atoms with Gasteiger partial charge in [-0.2, -0.15) is 0 Å². The highest BCUT2D eigenvalue weighted by atomic mass is 16.7. The molecule has 4 rings (SSSR count). The highest BCUT2D eigenvalue weighted by molar-refractivity contribution is 6.02. The number of benzene rings is 2. The van der Waals surface area contributed by atoms with E-state index in [0.29, 0.717) is 5.56 Å². The zero-order chi connectivity index (χ0) is 24.7. The van der Waals surface area contributed by atoms with Gasteiger partial charge < -0.3 is 49.6 Å². The number of hydrogen-bond acceptors (Lipinski definition) is 12. The van der Waals surface area contributed by atoms with Crippen LogP contribution in [0.2, 0.25) is 0 Å². The number of aromatic hydroxyl groups is 3. The molecule has 1 fully saturated rings. The summed E-state index contributed by atoms with van der Waals surface area (Å²) >= 11 is 0. The second-order valence-electron chi connectivity index (χ2n) is 7.87. The normalized spacial score (nSPS) is 28.5. The SMILES string of the molecule is COC(=O)[C@H]1O[C@@H](Oc2cc(O)c3c(c2)O[C@H](c2cc(O)cc(O)c2)CC3=O)[C@H](O)[C@@H](O)[C@@H]1O. The van der Waals surface area contributed by atoms with Crippen LogP contribution in [0.4, 0.5) is 0 Å². The van der Waals surface area contributed by atoms with Gasteiger partial charge in [0.2, 0.25) is 6.29 Å². The molecule has 1 saturated heterocycles. The molecule has 34 heavy (non-hydrogen) atoms. The number of aliphatic hydroxyl groups excluding tert-OH is 3. The zero-order valence-corrected chi connectivity index (χ0v) is 17.7. The third kappa shape index (κ3) is 4.31. The highest BCUT2D eigenvalue weighted by Gasteiger charge is 2.48. The predicted octanol–water partition coefficient (Wildman–Crippen LogP) is -0.131. The summed E-state index contributed by atoms with van der Waals surface area (Å²) < 4.78 is 21.1. The lowest BCUT2D eigenvalue weighted by atomic mass is 9.95. The van der Waals surface area contributed by atoms with E-state index in [1.807, 2.05) is 0 Å². The quantitative estimate of drug-likeness (QED) is 0.319. The van der Waals surface area contributed by atoms with Crippen LogP contribution >= 0.6 is 0 Å². The Morgan fingerprint density at radius 2 is 1.65 bits per heavy atom. The van der Waals surface area contributed by atoms with Crippen molar-refractivity contribution in [2.45, 2.75) is 43.2 Å². The van der Waals surface area contributed by atoms with Gasteiger partial charge in [-0.15, -0.1) is 0 Å². The number of fused-ring (bicyclic) bond motifs is 1. The van der Waals surface area contributed by atoms with E-state index in [4.69, 9.17) is 14.2 Å². The molecule has 0 unspecified atom stereocenters. The Morgan fingerprint density at radius 1 is 0.971 bits per heavy atom. The fourth-order valence-corrected chi connectivity index (χ4v) is 3.86. The summed E-state index contributed by atoms with van der Waals surface area (Å²) in [6.45, 7) is 0. The maximum atomic E-state index is 12.7. The van der Waals surface area contributed by atoms with Crippen LogP contribution in [0, 0.1) is 0 Å².